The van der Waals surface area contributed by atoms with Gasteiger partial charge >= 0.3 is 0 Å². The Morgan fingerprint density at radius 1 is 1.21 bits per heavy atom. The van der Waals surface area contributed by atoms with E-state index in [1.54, 1.807) is 0 Å². The predicted octanol–water partition coefficient (Wildman–Crippen LogP) is 3.66. The summed E-state index contributed by atoms with van der Waals surface area (Å²) >= 11 is 5.89. The topological polar surface area (TPSA) is 49.6 Å². The number of nitriles is 1. The number of rotatable bonds is 2. The van der Waals surface area contributed by atoms with Crippen molar-refractivity contribution in [2.45, 2.75) is 25.2 Å². The SMILES string of the molecule is Cc1cc(-c2ccc(Cl)cc2)nc(C2(C#N)CC2)n1. The summed E-state index contributed by atoms with van der Waals surface area (Å²) in [5, 5.41) is 9.95. The number of nitrogens with zero attached hydrogens (tertiary/aromatic N) is 3. The van der Waals surface area contributed by atoms with E-state index in [4.69, 9.17) is 11.6 Å². The van der Waals surface area contributed by atoms with Crippen LogP contribution in [0.1, 0.15) is 24.4 Å². The molecule has 0 unspecified atom stereocenters. The molecule has 4 heteroatoms. The molecule has 1 aromatic carbocycles. The Labute approximate surface area is 116 Å². The second-order valence-electron chi connectivity index (χ2n) is 4.92. The molecule has 1 heterocycles. The molecule has 2 aromatic rings. The average molecular weight is 270 g/mol. The van der Waals surface area contributed by atoms with Crippen LogP contribution < -0.4 is 0 Å². The lowest BCUT2D eigenvalue weighted by Gasteiger charge is -2.09. The Balaban J connectivity index is 2.08. The molecule has 0 spiro atoms. The molecule has 3 rings (SSSR count). The third kappa shape index (κ3) is 2.20. The van der Waals surface area contributed by atoms with Crippen molar-refractivity contribution in [3.8, 4) is 17.3 Å². The van der Waals surface area contributed by atoms with E-state index in [-0.39, 0.29) is 0 Å². The van der Waals surface area contributed by atoms with Crippen LogP contribution in [0, 0.1) is 18.3 Å². The fourth-order valence-electron chi connectivity index (χ4n) is 2.06. The van der Waals surface area contributed by atoms with E-state index in [0.29, 0.717) is 10.8 Å². The molecule has 1 aliphatic carbocycles. The Hall–Kier alpha value is -1.92. The highest BCUT2D eigenvalue weighted by Crippen LogP contribution is 2.46. The van der Waals surface area contributed by atoms with Crippen LogP contribution in [0.3, 0.4) is 0 Å². The summed E-state index contributed by atoms with van der Waals surface area (Å²) in [5.74, 6) is 0.653. The maximum atomic E-state index is 9.25. The zero-order chi connectivity index (χ0) is 13.5. The van der Waals surface area contributed by atoms with E-state index in [0.717, 1.165) is 29.8 Å². The van der Waals surface area contributed by atoms with Gasteiger partial charge in [0, 0.05) is 16.3 Å². The van der Waals surface area contributed by atoms with Crippen molar-refractivity contribution < 1.29 is 0 Å². The smallest absolute Gasteiger partial charge is 0.149 e. The minimum atomic E-state index is -0.451. The number of hydrogen-bond acceptors (Lipinski definition) is 3. The van der Waals surface area contributed by atoms with Gasteiger partial charge in [0.15, 0.2) is 0 Å². The summed E-state index contributed by atoms with van der Waals surface area (Å²) in [6.07, 6.45) is 1.71. The van der Waals surface area contributed by atoms with E-state index < -0.39 is 5.41 Å². The zero-order valence-corrected chi connectivity index (χ0v) is 11.3. The molecular formula is C15H12ClN3. The Bertz CT molecular complexity index is 667. The summed E-state index contributed by atoms with van der Waals surface area (Å²) in [6.45, 7) is 1.93. The molecule has 0 N–H and O–H groups in total. The highest BCUT2D eigenvalue weighted by Gasteiger charge is 2.48. The van der Waals surface area contributed by atoms with Gasteiger partial charge in [-0.25, -0.2) is 9.97 Å². The second kappa shape index (κ2) is 4.32. The van der Waals surface area contributed by atoms with E-state index in [1.165, 1.54) is 0 Å². The Morgan fingerprint density at radius 2 is 1.89 bits per heavy atom. The number of hydrogen-bond donors (Lipinski definition) is 0. The number of aromatic nitrogens is 2. The van der Waals surface area contributed by atoms with Crippen molar-refractivity contribution in [1.82, 2.24) is 9.97 Å². The van der Waals surface area contributed by atoms with E-state index in [9.17, 15) is 5.26 Å². The van der Waals surface area contributed by atoms with Gasteiger partial charge in [-0.2, -0.15) is 5.26 Å². The van der Waals surface area contributed by atoms with Gasteiger partial charge in [-0.15, -0.1) is 0 Å². The lowest BCUT2D eigenvalue weighted by atomic mass is 10.1. The summed E-state index contributed by atoms with van der Waals surface area (Å²) < 4.78 is 0. The van der Waals surface area contributed by atoms with Crippen molar-refractivity contribution in [3.05, 3.63) is 46.9 Å². The molecule has 0 bridgehead atoms. The molecule has 3 nitrogen and oxygen atoms in total. The molecule has 1 fully saturated rings. The first-order chi connectivity index (χ1) is 9.13. The molecule has 1 saturated carbocycles. The summed E-state index contributed by atoms with van der Waals surface area (Å²) in [4.78, 5) is 8.98. The van der Waals surface area contributed by atoms with Crippen LogP contribution >= 0.6 is 11.6 Å². The lowest BCUT2D eigenvalue weighted by Crippen LogP contribution is -2.10. The van der Waals surface area contributed by atoms with Crippen molar-refractivity contribution in [3.63, 3.8) is 0 Å². The van der Waals surface area contributed by atoms with Crippen molar-refractivity contribution in [2.75, 3.05) is 0 Å². The van der Waals surface area contributed by atoms with Gasteiger partial charge in [-0.05, 0) is 38.0 Å². The molecule has 0 atom stereocenters. The molecular weight excluding hydrogens is 258 g/mol. The number of benzene rings is 1. The Kier molecular flexibility index (Phi) is 2.76. The lowest BCUT2D eigenvalue weighted by molar-refractivity contribution is 0.789. The zero-order valence-electron chi connectivity index (χ0n) is 10.5. The molecule has 1 aromatic heterocycles. The minimum Gasteiger partial charge on any atom is -0.236 e. The average Bonchev–Trinajstić information content (AvgIpc) is 3.20. The molecule has 94 valence electrons. The first-order valence-corrected chi connectivity index (χ1v) is 6.54. The van der Waals surface area contributed by atoms with Gasteiger partial charge < -0.3 is 0 Å². The van der Waals surface area contributed by atoms with Gasteiger partial charge in [0.1, 0.15) is 11.2 Å². The van der Waals surface area contributed by atoms with Crippen LogP contribution in [0.15, 0.2) is 30.3 Å². The highest BCUT2D eigenvalue weighted by atomic mass is 35.5. The highest BCUT2D eigenvalue weighted by molar-refractivity contribution is 6.30. The third-order valence-electron chi connectivity index (χ3n) is 3.39. The van der Waals surface area contributed by atoms with Crippen LogP contribution in [0.4, 0.5) is 0 Å². The monoisotopic (exact) mass is 269 g/mol. The van der Waals surface area contributed by atoms with Crippen molar-refractivity contribution in [1.29, 1.82) is 5.26 Å². The first-order valence-electron chi connectivity index (χ1n) is 6.16. The molecule has 1 aliphatic rings. The van der Waals surface area contributed by atoms with Crippen LogP contribution in [0.5, 0.6) is 0 Å². The maximum Gasteiger partial charge on any atom is 0.149 e. The minimum absolute atomic E-state index is 0.451. The number of aryl methyl sites for hydroxylation is 1. The first kappa shape index (κ1) is 12.1. The fraction of sp³-hybridized carbons (Fsp3) is 0.267. The third-order valence-corrected chi connectivity index (χ3v) is 3.64. The van der Waals surface area contributed by atoms with Gasteiger partial charge in [0.05, 0.1) is 11.8 Å². The van der Waals surface area contributed by atoms with Crippen LogP contribution in [-0.4, -0.2) is 9.97 Å². The van der Waals surface area contributed by atoms with Crippen LogP contribution in [0.25, 0.3) is 11.3 Å². The maximum absolute atomic E-state index is 9.25. The molecule has 0 aliphatic heterocycles. The molecule has 0 radical (unpaired) electrons. The van der Waals surface area contributed by atoms with E-state index in [1.807, 2.05) is 37.3 Å². The quantitative estimate of drug-likeness (QED) is 0.836. The molecule has 0 saturated heterocycles. The van der Waals surface area contributed by atoms with Crippen molar-refractivity contribution in [2.24, 2.45) is 0 Å². The fourth-order valence-corrected chi connectivity index (χ4v) is 2.19. The standard InChI is InChI=1S/C15H12ClN3/c1-10-8-13(11-2-4-12(16)5-3-11)19-14(18-10)15(9-17)6-7-15/h2-5,8H,6-7H2,1H3. The summed E-state index contributed by atoms with van der Waals surface area (Å²) in [7, 11) is 0. The molecule has 19 heavy (non-hydrogen) atoms. The van der Waals surface area contributed by atoms with Gasteiger partial charge in [0.2, 0.25) is 0 Å². The van der Waals surface area contributed by atoms with E-state index in [2.05, 4.69) is 16.0 Å². The second-order valence-corrected chi connectivity index (χ2v) is 5.36. The van der Waals surface area contributed by atoms with Gasteiger partial charge in [-0.3, -0.25) is 0 Å². The normalized spacial score (nSPS) is 15.8. The number of halogens is 1. The summed E-state index contributed by atoms with van der Waals surface area (Å²) in [5.41, 5.74) is 2.27. The summed E-state index contributed by atoms with van der Waals surface area (Å²) in [6, 6.07) is 11.8. The predicted molar refractivity (Wildman–Crippen MR) is 73.7 cm³/mol. The van der Waals surface area contributed by atoms with Crippen LogP contribution in [0.2, 0.25) is 5.02 Å². The van der Waals surface area contributed by atoms with Crippen molar-refractivity contribution >= 4 is 11.6 Å². The van der Waals surface area contributed by atoms with E-state index >= 15 is 0 Å². The van der Waals surface area contributed by atoms with Gasteiger partial charge in [-0.1, -0.05) is 23.7 Å². The largest absolute Gasteiger partial charge is 0.236 e. The van der Waals surface area contributed by atoms with Gasteiger partial charge in [0.25, 0.3) is 0 Å². The molecule has 0 amide bonds. The van der Waals surface area contributed by atoms with Crippen LogP contribution in [-0.2, 0) is 5.41 Å². The Morgan fingerprint density at radius 3 is 2.47 bits per heavy atom.